The Morgan fingerprint density at radius 3 is 2.74 bits per heavy atom. The van der Waals surface area contributed by atoms with Gasteiger partial charge >= 0.3 is 0 Å². The van der Waals surface area contributed by atoms with Gasteiger partial charge in [0.1, 0.15) is 12.7 Å². The molecule has 19 heavy (non-hydrogen) atoms. The summed E-state index contributed by atoms with van der Waals surface area (Å²) in [5.41, 5.74) is 0. The van der Waals surface area contributed by atoms with Gasteiger partial charge in [-0.05, 0) is 18.8 Å². The van der Waals surface area contributed by atoms with Crippen molar-refractivity contribution in [2.45, 2.75) is 19.3 Å². The number of nitrogens with zero attached hydrogens (tertiary/aromatic N) is 6. The molecule has 8 nitrogen and oxygen atoms in total. The average Bonchev–Trinajstić information content (AvgIpc) is 2.90. The summed E-state index contributed by atoms with van der Waals surface area (Å²) in [5.74, 6) is 2.27. The molecule has 2 heterocycles. The molecule has 1 saturated carbocycles. The van der Waals surface area contributed by atoms with Gasteiger partial charge in [-0.25, -0.2) is 4.98 Å². The van der Waals surface area contributed by atoms with E-state index in [9.17, 15) is 0 Å². The Hall–Kier alpha value is -2.25. The Bertz CT molecular complexity index is 534. The monoisotopic (exact) mass is 260 g/mol. The number of hydrogen-bond acceptors (Lipinski definition) is 7. The van der Waals surface area contributed by atoms with Gasteiger partial charge in [-0.3, -0.25) is 0 Å². The van der Waals surface area contributed by atoms with Crippen LogP contribution < -0.4 is 10.6 Å². The molecular formula is C11H16N8. The van der Waals surface area contributed by atoms with Gasteiger partial charge in [0.05, 0.1) is 0 Å². The first-order chi connectivity index (χ1) is 9.35. The molecule has 0 aliphatic heterocycles. The van der Waals surface area contributed by atoms with Crippen LogP contribution in [0.3, 0.4) is 0 Å². The first-order valence-corrected chi connectivity index (χ1v) is 6.38. The molecule has 0 spiro atoms. The van der Waals surface area contributed by atoms with E-state index in [2.05, 4.69) is 35.7 Å². The predicted molar refractivity (Wildman–Crippen MR) is 70.1 cm³/mol. The van der Waals surface area contributed by atoms with E-state index in [-0.39, 0.29) is 0 Å². The largest absolute Gasteiger partial charge is 0.357 e. The highest BCUT2D eigenvalue weighted by molar-refractivity contribution is 5.37. The molecule has 0 aromatic carbocycles. The lowest BCUT2D eigenvalue weighted by Gasteiger charge is -2.25. The molecule has 0 unspecified atom stereocenters. The van der Waals surface area contributed by atoms with Gasteiger partial charge in [0.2, 0.25) is 11.9 Å². The molecule has 1 aliphatic rings. The Kier molecular flexibility index (Phi) is 3.21. The van der Waals surface area contributed by atoms with Crippen LogP contribution in [0.4, 0.5) is 11.9 Å². The third kappa shape index (κ3) is 2.61. The predicted octanol–water partition coefficient (Wildman–Crippen LogP) is 0.706. The van der Waals surface area contributed by atoms with E-state index in [0.717, 1.165) is 12.5 Å². The third-order valence-electron chi connectivity index (χ3n) is 3.24. The Morgan fingerprint density at radius 2 is 2.11 bits per heavy atom. The molecule has 1 aliphatic carbocycles. The zero-order chi connectivity index (χ0) is 13.1. The van der Waals surface area contributed by atoms with Crippen molar-refractivity contribution in [3.63, 3.8) is 0 Å². The molecule has 0 bridgehead atoms. The summed E-state index contributed by atoms with van der Waals surface area (Å²) in [7, 11) is 1.77. The third-order valence-corrected chi connectivity index (χ3v) is 3.24. The van der Waals surface area contributed by atoms with Crippen LogP contribution in [0.1, 0.15) is 19.3 Å². The first-order valence-electron chi connectivity index (χ1n) is 6.38. The maximum Gasteiger partial charge on any atom is 0.258 e. The molecule has 100 valence electrons. The average molecular weight is 260 g/mol. The molecule has 2 aromatic rings. The zero-order valence-corrected chi connectivity index (χ0v) is 10.7. The highest BCUT2D eigenvalue weighted by Crippen LogP contribution is 2.26. The minimum absolute atomic E-state index is 0.452. The molecule has 0 atom stereocenters. The number of hydrogen-bond donors (Lipinski definition) is 2. The number of nitrogens with one attached hydrogen (secondary N) is 2. The Morgan fingerprint density at radius 1 is 1.26 bits per heavy atom. The van der Waals surface area contributed by atoms with E-state index >= 15 is 0 Å². The lowest BCUT2D eigenvalue weighted by atomic mass is 9.85. The number of anilines is 2. The molecule has 8 heteroatoms. The zero-order valence-electron chi connectivity index (χ0n) is 10.7. The van der Waals surface area contributed by atoms with Crippen molar-refractivity contribution in [2.24, 2.45) is 5.92 Å². The fourth-order valence-corrected chi connectivity index (χ4v) is 1.90. The van der Waals surface area contributed by atoms with Gasteiger partial charge in [0, 0.05) is 13.6 Å². The fourth-order valence-electron chi connectivity index (χ4n) is 1.90. The quantitative estimate of drug-likeness (QED) is 0.817. The SMILES string of the molecule is CNc1nc(NCC2CCC2)nc(-n2cncn2)n1. The van der Waals surface area contributed by atoms with Gasteiger partial charge in [0.25, 0.3) is 5.95 Å². The lowest BCUT2D eigenvalue weighted by molar-refractivity contribution is 0.333. The van der Waals surface area contributed by atoms with Crippen LogP contribution in [0.2, 0.25) is 0 Å². The minimum Gasteiger partial charge on any atom is -0.357 e. The van der Waals surface area contributed by atoms with Crippen molar-refractivity contribution in [3.8, 4) is 5.95 Å². The second-order valence-electron chi connectivity index (χ2n) is 4.55. The van der Waals surface area contributed by atoms with Crippen LogP contribution in [-0.4, -0.2) is 43.3 Å². The van der Waals surface area contributed by atoms with Crippen LogP contribution in [0.25, 0.3) is 5.95 Å². The van der Waals surface area contributed by atoms with E-state index in [1.807, 2.05) is 0 Å². The molecule has 0 saturated heterocycles. The maximum atomic E-state index is 4.34. The second kappa shape index (κ2) is 5.17. The number of aromatic nitrogens is 6. The van der Waals surface area contributed by atoms with E-state index in [4.69, 9.17) is 0 Å². The van der Waals surface area contributed by atoms with Crippen LogP contribution in [0.15, 0.2) is 12.7 Å². The standard InChI is InChI=1S/C11H16N8/c1-12-9-16-10(14-5-8-3-2-4-8)18-11(17-9)19-7-13-6-15-19/h6-8H,2-5H2,1H3,(H2,12,14,16,17,18). The number of rotatable bonds is 5. The summed E-state index contributed by atoms with van der Waals surface area (Å²) >= 11 is 0. The summed E-state index contributed by atoms with van der Waals surface area (Å²) in [6.07, 6.45) is 6.91. The maximum absolute atomic E-state index is 4.34. The van der Waals surface area contributed by atoms with E-state index < -0.39 is 0 Å². The van der Waals surface area contributed by atoms with Gasteiger partial charge in [-0.15, -0.1) is 0 Å². The molecule has 3 rings (SSSR count). The van der Waals surface area contributed by atoms with Crippen molar-refractivity contribution in [1.82, 2.24) is 29.7 Å². The van der Waals surface area contributed by atoms with Gasteiger partial charge < -0.3 is 10.6 Å². The van der Waals surface area contributed by atoms with Crippen molar-refractivity contribution in [1.29, 1.82) is 0 Å². The first kappa shape index (κ1) is 11.8. The van der Waals surface area contributed by atoms with Crippen molar-refractivity contribution < 1.29 is 0 Å². The van der Waals surface area contributed by atoms with Crippen LogP contribution >= 0.6 is 0 Å². The molecule has 0 radical (unpaired) electrons. The summed E-state index contributed by atoms with van der Waals surface area (Å²) in [5, 5.41) is 10.2. The molecule has 1 fully saturated rings. The smallest absolute Gasteiger partial charge is 0.258 e. The highest BCUT2D eigenvalue weighted by Gasteiger charge is 2.17. The minimum atomic E-state index is 0.452. The summed E-state index contributed by atoms with van der Waals surface area (Å²) < 4.78 is 1.51. The normalized spacial score (nSPS) is 15.0. The van der Waals surface area contributed by atoms with Crippen LogP contribution in [0, 0.1) is 5.92 Å². The van der Waals surface area contributed by atoms with E-state index in [1.54, 1.807) is 13.4 Å². The van der Waals surface area contributed by atoms with Crippen molar-refractivity contribution in [3.05, 3.63) is 12.7 Å². The summed E-state index contributed by atoms with van der Waals surface area (Å²) in [4.78, 5) is 16.8. The molecule has 2 N–H and O–H groups in total. The summed E-state index contributed by atoms with van der Waals surface area (Å²) in [6.45, 7) is 0.907. The van der Waals surface area contributed by atoms with Gasteiger partial charge in [-0.2, -0.15) is 24.7 Å². The van der Waals surface area contributed by atoms with Gasteiger partial charge in [0.15, 0.2) is 0 Å². The van der Waals surface area contributed by atoms with E-state index in [1.165, 1.54) is 30.3 Å². The fraction of sp³-hybridized carbons (Fsp3) is 0.545. The lowest BCUT2D eigenvalue weighted by Crippen LogP contribution is -2.22. The van der Waals surface area contributed by atoms with Gasteiger partial charge in [-0.1, -0.05) is 6.42 Å². The second-order valence-corrected chi connectivity index (χ2v) is 4.55. The molecule has 0 amide bonds. The van der Waals surface area contributed by atoms with Crippen molar-refractivity contribution >= 4 is 11.9 Å². The summed E-state index contributed by atoms with van der Waals surface area (Å²) in [6, 6.07) is 0. The van der Waals surface area contributed by atoms with Crippen LogP contribution in [-0.2, 0) is 0 Å². The van der Waals surface area contributed by atoms with Crippen LogP contribution in [0.5, 0.6) is 0 Å². The van der Waals surface area contributed by atoms with E-state index in [0.29, 0.717) is 17.8 Å². The topological polar surface area (TPSA) is 93.4 Å². The Labute approximate surface area is 110 Å². The van der Waals surface area contributed by atoms with Crippen molar-refractivity contribution in [2.75, 3.05) is 24.2 Å². The Balaban J connectivity index is 1.80. The highest BCUT2D eigenvalue weighted by atomic mass is 15.4. The molecule has 2 aromatic heterocycles. The molecular weight excluding hydrogens is 244 g/mol.